The first-order valence-corrected chi connectivity index (χ1v) is 4.86. The number of aromatic nitrogens is 1. The summed E-state index contributed by atoms with van der Waals surface area (Å²) in [6, 6.07) is 10.3. The number of nitrogens with zero attached hydrogens (tertiary/aromatic N) is 1. The molecule has 0 saturated carbocycles. The Balaban J connectivity index is 0.00000112. The molecule has 0 atom stereocenters. The first kappa shape index (κ1) is 12.2. The number of oxazole rings is 1. The predicted molar refractivity (Wildman–Crippen MR) is 54.8 cm³/mol. The van der Waals surface area contributed by atoms with E-state index in [9.17, 15) is 0 Å². The second-order valence-corrected chi connectivity index (χ2v) is 3.25. The van der Waals surface area contributed by atoms with Crippen LogP contribution in [0.5, 0.6) is 0 Å². The molecule has 0 N–H and O–H groups in total. The maximum absolute atomic E-state index is 5.40. The normalized spacial score (nSPS) is 9.73. The fourth-order valence-corrected chi connectivity index (χ4v) is 1.66. The topological polar surface area (TPSA) is 17.0 Å². The molecule has 2 nitrogen and oxygen atoms in total. The zero-order chi connectivity index (χ0) is 9.97. The van der Waals surface area contributed by atoms with Crippen molar-refractivity contribution in [1.29, 1.82) is 0 Å². The van der Waals surface area contributed by atoms with Gasteiger partial charge in [0.25, 0.3) is 5.69 Å². The van der Waals surface area contributed by atoms with E-state index in [-0.39, 0.29) is 24.0 Å². The Bertz CT molecular complexity index is 422. The fraction of sp³-hybridized carbons (Fsp3) is 0.250. The Morgan fingerprint density at radius 1 is 1.20 bits per heavy atom. The third-order valence-electron chi connectivity index (χ3n) is 2.40. The van der Waals surface area contributed by atoms with Crippen LogP contribution in [0, 0.1) is 6.92 Å². The van der Waals surface area contributed by atoms with E-state index < -0.39 is 0 Å². The number of benzene rings is 1. The van der Waals surface area contributed by atoms with E-state index in [0.29, 0.717) is 0 Å². The molecule has 1 heterocycles. The third-order valence-corrected chi connectivity index (χ3v) is 2.40. The SMILES string of the molecule is CC[n+]1c(-c2ccccc2)coc1C.[I-]. The Hall–Kier alpha value is -0.840. The van der Waals surface area contributed by atoms with Gasteiger partial charge in [-0.1, -0.05) is 18.2 Å². The molecule has 0 radical (unpaired) electrons. The summed E-state index contributed by atoms with van der Waals surface area (Å²) in [5.74, 6) is 0.950. The van der Waals surface area contributed by atoms with Crippen molar-refractivity contribution in [2.24, 2.45) is 0 Å². The second kappa shape index (κ2) is 5.30. The van der Waals surface area contributed by atoms with Crippen molar-refractivity contribution < 1.29 is 33.0 Å². The highest BCUT2D eigenvalue weighted by Crippen LogP contribution is 2.15. The van der Waals surface area contributed by atoms with Crippen molar-refractivity contribution in [2.75, 3.05) is 0 Å². The number of aryl methyl sites for hydroxylation is 1. The van der Waals surface area contributed by atoms with Crippen LogP contribution < -0.4 is 28.5 Å². The summed E-state index contributed by atoms with van der Waals surface area (Å²) < 4.78 is 7.57. The monoisotopic (exact) mass is 315 g/mol. The molecule has 0 aliphatic rings. The van der Waals surface area contributed by atoms with Crippen molar-refractivity contribution in [3.63, 3.8) is 0 Å². The van der Waals surface area contributed by atoms with Gasteiger partial charge in [-0.25, -0.2) is 0 Å². The van der Waals surface area contributed by atoms with Gasteiger partial charge < -0.3 is 28.4 Å². The summed E-state index contributed by atoms with van der Waals surface area (Å²) in [5.41, 5.74) is 2.34. The number of rotatable bonds is 2. The minimum atomic E-state index is 0. The summed E-state index contributed by atoms with van der Waals surface area (Å²) in [4.78, 5) is 0. The molecule has 2 aromatic rings. The van der Waals surface area contributed by atoms with Crippen LogP contribution in [0.4, 0.5) is 0 Å². The quantitative estimate of drug-likeness (QED) is 0.543. The van der Waals surface area contributed by atoms with Crippen molar-refractivity contribution in [2.45, 2.75) is 20.4 Å². The van der Waals surface area contributed by atoms with Gasteiger partial charge in [0.15, 0.2) is 6.26 Å². The van der Waals surface area contributed by atoms with Crippen molar-refractivity contribution in [3.05, 3.63) is 42.5 Å². The molecule has 0 spiro atoms. The van der Waals surface area contributed by atoms with Crippen molar-refractivity contribution in [3.8, 4) is 11.3 Å². The van der Waals surface area contributed by atoms with Gasteiger partial charge in [-0.05, 0) is 19.1 Å². The summed E-state index contributed by atoms with van der Waals surface area (Å²) in [6.45, 7) is 5.04. The zero-order valence-electron chi connectivity index (χ0n) is 8.90. The Kier molecular flexibility index (Phi) is 4.32. The summed E-state index contributed by atoms with van der Waals surface area (Å²) >= 11 is 0. The molecule has 80 valence electrons. The van der Waals surface area contributed by atoms with Crippen LogP contribution in [0.3, 0.4) is 0 Å². The van der Waals surface area contributed by atoms with Gasteiger partial charge in [-0.15, -0.1) is 0 Å². The summed E-state index contributed by atoms with van der Waals surface area (Å²) in [6.07, 6.45) is 1.81. The van der Waals surface area contributed by atoms with Gasteiger partial charge in [0, 0.05) is 5.56 Å². The molecule has 0 amide bonds. The van der Waals surface area contributed by atoms with Crippen LogP contribution in [-0.2, 0) is 6.54 Å². The molecular weight excluding hydrogens is 301 g/mol. The van der Waals surface area contributed by atoms with E-state index >= 15 is 0 Å². The average molecular weight is 315 g/mol. The molecular formula is C12H14INO. The van der Waals surface area contributed by atoms with Gasteiger partial charge in [0.1, 0.15) is 6.54 Å². The molecule has 0 aliphatic heterocycles. The second-order valence-electron chi connectivity index (χ2n) is 3.25. The van der Waals surface area contributed by atoms with E-state index in [1.807, 2.05) is 31.4 Å². The summed E-state index contributed by atoms with van der Waals surface area (Å²) in [7, 11) is 0. The van der Waals surface area contributed by atoms with Crippen LogP contribution in [0.1, 0.15) is 12.8 Å². The first-order chi connectivity index (χ1) is 6.83. The summed E-state index contributed by atoms with van der Waals surface area (Å²) in [5, 5.41) is 0. The Morgan fingerprint density at radius 3 is 2.47 bits per heavy atom. The Morgan fingerprint density at radius 2 is 1.87 bits per heavy atom. The van der Waals surface area contributed by atoms with Gasteiger partial charge in [-0.3, -0.25) is 0 Å². The van der Waals surface area contributed by atoms with Crippen LogP contribution in [0.15, 0.2) is 41.0 Å². The minimum absolute atomic E-state index is 0. The Labute approximate surface area is 107 Å². The van der Waals surface area contributed by atoms with Crippen LogP contribution in [0.25, 0.3) is 11.3 Å². The molecule has 1 aromatic heterocycles. The largest absolute Gasteiger partial charge is 1.00 e. The predicted octanol–water partition coefficient (Wildman–Crippen LogP) is -0.434. The van der Waals surface area contributed by atoms with Gasteiger partial charge >= 0.3 is 5.89 Å². The lowest BCUT2D eigenvalue weighted by atomic mass is 10.2. The molecule has 3 heteroatoms. The van der Waals surface area contributed by atoms with E-state index in [2.05, 4.69) is 23.6 Å². The highest BCUT2D eigenvalue weighted by molar-refractivity contribution is 5.54. The van der Waals surface area contributed by atoms with Gasteiger partial charge in [0.2, 0.25) is 0 Å². The fourth-order valence-electron chi connectivity index (χ4n) is 1.66. The zero-order valence-corrected chi connectivity index (χ0v) is 11.1. The number of halogens is 1. The highest BCUT2D eigenvalue weighted by atomic mass is 127. The molecule has 0 bridgehead atoms. The van der Waals surface area contributed by atoms with Crippen LogP contribution >= 0.6 is 0 Å². The maximum Gasteiger partial charge on any atom is 0.344 e. The lowest BCUT2D eigenvalue weighted by molar-refractivity contribution is -0.692. The minimum Gasteiger partial charge on any atom is -1.00 e. The molecule has 1 aromatic carbocycles. The van der Waals surface area contributed by atoms with Crippen LogP contribution in [-0.4, -0.2) is 0 Å². The van der Waals surface area contributed by atoms with E-state index in [0.717, 1.165) is 18.1 Å². The van der Waals surface area contributed by atoms with Crippen LogP contribution in [0.2, 0.25) is 0 Å². The molecule has 15 heavy (non-hydrogen) atoms. The molecule has 0 fully saturated rings. The van der Waals surface area contributed by atoms with Gasteiger partial charge in [-0.2, -0.15) is 4.57 Å². The van der Waals surface area contributed by atoms with E-state index in [1.165, 1.54) is 5.56 Å². The molecule has 0 aliphatic carbocycles. The smallest absolute Gasteiger partial charge is 0.344 e. The van der Waals surface area contributed by atoms with Gasteiger partial charge in [0.05, 0.1) is 6.92 Å². The highest BCUT2D eigenvalue weighted by Gasteiger charge is 2.17. The molecule has 2 rings (SSSR count). The molecule has 0 unspecified atom stereocenters. The first-order valence-electron chi connectivity index (χ1n) is 4.86. The lowest BCUT2D eigenvalue weighted by Gasteiger charge is -1.94. The maximum atomic E-state index is 5.40. The van der Waals surface area contributed by atoms with E-state index in [4.69, 9.17) is 4.42 Å². The standard InChI is InChI=1S/C12H14NO.HI/c1-3-13-10(2)14-9-12(13)11-7-5-4-6-8-11;/h4-9H,3H2,1-2H3;1H/q+1;/p-1. The average Bonchev–Trinajstić information content (AvgIpc) is 2.61. The number of hydrogen-bond acceptors (Lipinski definition) is 1. The van der Waals surface area contributed by atoms with E-state index in [1.54, 1.807) is 0 Å². The van der Waals surface area contributed by atoms with Crippen molar-refractivity contribution in [1.82, 2.24) is 0 Å². The number of hydrogen-bond donors (Lipinski definition) is 0. The lowest BCUT2D eigenvalue weighted by Crippen LogP contribution is -3.00. The third kappa shape index (κ3) is 2.40. The van der Waals surface area contributed by atoms with Crippen molar-refractivity contribution >= 4 is 0 Å². The molecule has 0 saturated heterocycles.